The van der Waals surface area contributed by atoms with Crippen LogP contribution < -0.4 is 5.32 Å². The summed E-state index contributed by atoms with van der Waals surface area (Å²) in [7, 11) is 0. The fourth-order valence-corrected chi connectivity index (χ4v) is 2.55. The van der Waals surface area contributed by atoms with E-state index in [9.17, 15) is 22.4 Å². The molecular formula is C14H14F4N2O3. The molecule has 23 heavy (non-hydrogen) atoms. The summed E-state index contributed by atoms with van der Waals surface area (Å²) in [6.07, 6.45) is -4.26. The third-order valence-corrected chi connectivity index (χ3v) is 3.61. The number of hydrogen-bond acceptors (Lipinski definition) is 3. The van der Waals surface area contributed by atoms with Crippen molar-refractivity contribution in [1.82, 2.24) is 10.2 Å². The monoisotopic (exact) mass is 334 g/mol. The van der Waals surface area contributed by atoms with Gasteiger partial charge in [-0.2, -0.15) is 13.2 Å². The van der Waals surface area contributed by atoms with Crippen molar-refractivity contribution in [2.45, 2.75) is 18.6 Å². The van der Waals surface area contributed by atoms with Gasteiger partial charge in [0.25, 0.3) is 5.91 Å². The van der Waals surface area contributed by atoms with Crippen LogP contribution in [-0.4, -0.2) is 53.7 Å². The molecule has 0 aliphatic carbocycles. The smallest absolute Gasteiger partial charge is 0.475 e. The zero-order valence-corrected chi connectivity index (χ0v) is 11.9. The summed E-state index contributed by atoms with van der Waals surface area (Å²) < 4.78 is 44.8. The van der Waals surface area contributed by atoms with Gasteiger partial charge in [0, 0.05) is 31.2 Å². The standard InChI is InChI=1S/C12H13FN2O.C2HF3O2/c13-9-2-1-8-5-10-7-14-3-4-15(10)12(16)11(8)6-9;3-2(4,5)1(6)7/h1-2,6,10,14H,3-5,7H2;(H,6,7)/t10-;/m1./s1. The second-order valence-corrected chi connectivity index (χ2v) is 5.16. The Morgan fingerprint density at radius 3 is 2.61 bits per heavy atom. The molecular weight excluding hydrogens is 320 g/mol. The lowest BCUT2D eigenvalue weighted by molar-refractivity contribution is -0.192. The molecule has 0 spiro atoms. The predicted molar refractivity (Wildman–Crippen MR) is 71.5 cm³/mol. The average molecular weight is 334 g/mol. The minimum atomic E-state index is -5.08. The van der Waals surface area contributed by atoms with Crippen molar-refractivity contribution in [3.63, 3.8) is 0 Å². The maximum atomic E-state index is 13.1. The summed E-state index contributed by atoms with van der Waals surface area (Å²) in [6, 6.07) is 4.75. The highest BCUT2D eigenvalue weighted by molar-refractivity contribution is 5.97. The van der Waals surface area contributed by atoms with Gasteiger partial charge < -0.3 is 15.3 Å². The number of aliphatic carboxylic acids is 1. The van der Waals surface area contributed by atoms with Gasteiger partial charge in [0.15, 0.2) is 0 Å². The first-order valence-corrected chi connectivity index (χ1v) is 6.80. The molecule has 126 valence electrons. The summed E-state index contributed by atoms with van der Waals surface area (Å²) in [5.41, 5.74) is 1.51. The molecule has 1 fully saturated rings. The molecule has 2 N–H and O–H groups in total. The highest BCUT2D eigenvalue weighted by atomic mass is 19.4. The predicted octanol–water partition coefficient (Wildman–Crippen LogP) is 1.43. The zero-order chi connectivity index (χ0) is 17.2. The van der Waals surface area contributed by atoms with E-state index in [1.807, 2.05) is 4.90 Å². The molecule has 1 aromatic rings. The number of carbonyl (C=O) groups is 2. The highest BCUT2D eigenvalue weighted by Crippen LogP contribution is 2.24. The molecule has 2 aliphatic rings. The van der Waals surface area contributed by atoms with Crippen LogP contribution in [0.4, 0.5) is 17.6 Å². The van der Waals surface area contributed by atoms with Crippen molar-refractivity contribution in [2.24, 2.45) is 0 Å². The van der Waals surface area contributed by atoms with E-state index in [0.717, 1.165) is 31.6 Å². The first-order chi connectivity index (χ1) is 10.7. The Labute approximate surface area is 128 Å². The van der Waals surface area contributed by atoms with E-state index >= 15 is 0 Å². The lowest BCUT2D eigenvalue weighted by Gasteiger charge is -2.40. The largest absolute Gasteiger partial charge is 0.490 e. The lowest BCUT2D eigenvalue weighted by Crippen LogP contribution is -2.56. The number of hydrogen-bond donors (Lipinski definition) is 2. The number of carboxylic acids is 1. The Morgan fingerprint density at radius 2 is 2.00 bits per heavy atom. The van der Waals surface area contributed by atoms with Crippen LogP contribution in [0.25, 0.3) is 0 Å². The number of nitrogens with one attached hydrogen (secondary N) is 1. The number of amides is 1. The molecule has 5 nitrogen and oxygen atoms in total. The third kappa shape index (κ3) is 3.98. The van der Waals surface area contributed by atoms with Gasteiger partial charge in [-0.25, -0.2) is 9.18 Å². The van der Waals surface area contributed by atoms with E-state index in [0.29, 0.717) is 5.56 Å². The summed E-state index contributed by atoms with van der Waals surface area (Å²) in [6.45, 7) is 2.38. The topological polar surface area (TPSA) is 69.6 Å². The number of alkyl halides is 3. The molecule has 0 aromatic heterocycles. The van der Waals surface area contributed by atoms with Crippen LogP contribution in [-0.2, 0) is 11.2 Å². The normalized spacial score (nSPS) is 20.1. The molecule has 1 atom stereocenters. The fraction of sp³-hybridized carbons (Fsp3) is 0.429. The minimum absolute atomic E-state index is 0.0211. The number of carboxylic acid groups (broad SMARTS) is 1. The minimum Gasteiger partial charge on any atom is -0.475 e. The van der Waals surface area contributed by atoms with Crippen LogP contribution in [0.1, 0.15) is 15.9 Å². The third-order valence-electron chi connectivity index (χ3n) is 3.61. The number of nitrogens with zero attached hydrogens (tertiary/aromatic N) is 1. The van der Waals surface area contributed by atoms with Crippen LogP contribution in [0.5, 0.6) is 0 Å². The molecule has 2 heterocycles. The van der Waals surface area contributed by atoms with Gasteiger partial charge >= 0.3 is 12.1 Å². The second kappa shape index (κ2) is 6.53. The number of fused-ring (bicyclic) bond motifs is 2. The maximum Gasteiger partial charge on any atom is 0.490 e. The molecule has 9 heteroatoms. The SMILES string of the molecule is O=C(O)C(F)(F)F.O=C1c2cc(F)ccc2C[C@@H]2CNCCN12. The zero-order valence-electron chi connectivity index (χ0n) is 11.9. The molecule has 0 unspecified atom stereocenters. The Kier molecular flexibility index (Phi) is 4.88. The fourth-order valence-electron chi connectivity index (χ4n) is 2.55. The number of rotatable bonds is 0. The Morgan fingerprint density at radius 1 is 1.35 bits per heavy atom. The summed E-state index contributed by atoms with van der Waals surface area (Å²) in [5.74, 6) is -3.11. The van der Waals surface area contributed by atoms with E-state index in [4.69, 9.17) is 9.90 Å². The van der Waals surface area contributed by atoms with Crippen molar-refractivity contribution in [2.75, 3.05) is 19.6 Å². The van der Waals surface area contributed by atoms with Crippen molar-refractivity contribution < 1.29 is 32.3 Å². The molecule has 0 saturated carbocycles. The van der Waals surface area contributed by atoms with Gasteiger partial charge in [0.2, 0.25) is 0 Å². The summed E-state index contributed by atoms with van der Waals surface area (Å²) in [4.78, 5) is 22.9. The summed E-state index contributed by atoms with van der Waals surface area (Å²) in [5, 5.41) is 10.4. The van der Waals surface area contributed by atoms with E-state index in [1.165, 1.54) is 12.1 Å². The first-order valence-electron chi connectivity index (χ1n) is 6.80. The molecule has 0 radical (unpaired) electrons. The van der Waals surface area contributed by atoms with Crippen molar-refractivity contribution >= 4 is 11.9 Å². The average Bonchev–Trinajstić information content (AvgIpc) is 2.48. The molecule has 3 rings (SSSR count). The maximum absolute atomic E-state index is 13.1. The first kappa shape index (κ1) is 17.2. The lowest BCUT2D eigenvalue weighted by atomic mass is 9.92. The van der Waals surface area contributed by atoms with Crippen molar-refractivity contribution in [1.29, 1.82) is 0 Å². The highest BCUT2D eigenvalue weighted by Gasteiger charge is 2.38. The van der Waals surface area contributed by atoms with E-state index in [2.05, 4.69) is 5.32 Å². The Hall–Kier alpha value is -2.16. The molecule has 1 saturated heterocycles. The van der Waals surface area contributed by atoms with E-state index in [-0.39, 0.29) is 17.8 Å². The molecule has 2 aliphatic heterocycles. The number of benzene rings is 1. The van der Waals surface area contributed by atoms with Gasteiger partial charge in [-0.1, -0.05) is 6.07 Å². The summed E-state index contributed by atoms with van der Waals surface area (Å²) >= 11 is 0. The van der Waals surface area contributed by atoms with Gasteiger partial charge in [-0.3, -0.25) is 4.79 Å². The van der Waals surface area contributed by atoms with E-state index in [1.54, 1.807) is 6.07 Å². The number of piperazine rings is 1. The van der Waals surface area contributed by atoms with Crippen LogP contribution in [0.2, 0.25) is 0 Å². The quantitative estimate of drug-likeness (QED) is 0.704. The van der Waals surface area contributed by atoms with Crippen LogP contribution in [0.3, 0.4) is 0 Å². The van der Waals surface area contributed by atoms with Gasteiger partial charge in [-0.05, 0) is 24.1 Å². The Balaban J connectivity index is 0.000000236. The number of halogens is 4. The van der Waals surface area contributed by atoms with Crippen LogP contribution >= 0.6 is 0 Å². The second-order valence-electron chi connectivity index (χ2n) is 5.16. The Bertz CT molecular complexity index is 619. The molecule has 0 bridgehead atoms. The van der Waals surface area contributed by atoms with Gasteiger partial charge in [0.1, 0.15) is 5.82 Å². The molecule has 1 amide bonds. The molecule has 1 aromatic carbocycles. The van der Waals surface area contributed by atoms with Crippen molar-refractivity contribution in [3.8, 4) is 0 Å². The van der Waals surface area contributed by atoms with Gasteiger partial charge in [-0.15, -0.1) is 0 Å². The van der Waals surface area contributed by atoms with Crippen LogP contribution in [0, 0.1) is 5.82 Å². The van der Waals surface area contributed by atoms with Gasteiger partial charge in [0.05, 0.1) is 0 Å². The van der Waals surface area contributed by atoms with E-state index < -0.39 is 12.1 Å². The number of carbonyl (C=O) groups excluding carboxylic acids is 1. The van der Waals surface area contributed by atoms with Crippen LogP contribution in [0.15, 0.2) is 18.2 Å². The van der Waals surface area contributed by atoms with Crippen molar-refractivity contribution in [3.05, 3.63) is 35.1 Å².